The van der Waals surface area contributed by atoms with E-state index in [0.717, 1.165) is 4.47 Å². The Bertz CT molecular complexity index is 911. The van der Waals surface area contributed by atoms with Crippen LogP contribution in [-0.2, 0) is 9.59 Å². The zero-order valence-corrected chi connectivity index (χ0v) is 18.2. The largest absolute Gasteiger partial charge is 0.497 e. The van der Waals surface area contributed by atoms with Gasteiger partial charge in [-0.15, -0.1) is 0 Å². The molecule has 1 fully saturated rings. The third-order valence-corrected chi connectivity index (χ3v) is 5.71. The molecule has 0 N–H and O–H groups in total. The van der Waals surface area contributed by atoms with Crippen molar-refractivity contribution in [2.75, 3.05) is 12.0 Å². The zero-order chi connectivity index (χ0) is 21.1. The molecule has 0 saturated carbocycles. The Morgan fingerprint density at radius 1 is 1.17 bits per heavy atom. The van der Waals surface area contributed by atoms with Crippen molar-refractivity contribution in [3.05, 3.63) is 58.6 Å². The molecular weight excluding hydrogens is 436 g/mol. The monoisotopic (exact) mass is 458 g/mol. The number of imide groups is 1. The summed E-state index contributed by atoms with van der Waals surface area (Å²) in [5.74, 6) is -0.311. The van der Waals surface area contributed by atoms with E-state index in [0.29, 0.717) is 23.4 Å². The third-order valence-electron chi connectivity index (χ3n) is 5.18. The average molecular weight is 459 g/mol. The normalized spacial score (nSPS) is 17.4. The predicted octanol–water partition coefficient (Wildman–Crippen LogP) is 4.03. The van der Waals surface area contributed by atoms with Crippen LogP contribution in [0.25, 0.3) is 0 Å². The van der Waals surface area contributed by atoms with Gasteiger partial charge in [-0.25, -0.2) is 4.90 Å². The van der Waals surface area contributed by atoms with E-state index in [1.807, 2.05) is 13.8 Å². The number of benzene rings is 2. The first-order valence-corrected chi connectivity index (χ1v) is 10.3. The van der Waals surface area contributed by atoms with Crippen LogP contribution in [0.2, 0.25) is 0 Å². The lowest BCUT2D eigenvalue weighted by Crippen LogP contribution is -2.49. The van der Waals surface area contributed by atoms with Gasteiger partial charge in [-0.2, -0.15) is 0 Å². The first-order valence-electron chi connectivity index (χ1n) is 9.46. The van der Waals surface area contributed by atoms with Crippen molar-refractivity contribution >= 4 is 39.3 Å². The molecule has 1 saturated heterocycles. The Hall–Kier alpha value is -2.67. The molecule has 2 aromatic carbocycles. The SMILES string of the molecule is CCC(C)N(C(=O)c1ccc(OC)cc1)C1CC(=O)N(c2ccc(Br)cc2)C1=O. The van der Waals surface area contributed by atoms with Crippen LogP contribution in [-0.4, -0.2) is 41.8 Å². The van der Waals surface area contributed by atoms with Crippen molar-refractivity contribution in [2.45, 2.75) is 38.8 Å². The molecule has 152 valence electrons. The second kappa shape index (κ2) is 8.78. The molecule has 1 heterocycles. The number of methoxy groups -OCH3 is 1. The highest BCUT2D eigenvalue weighted by Crippen LogP contribution is 2.29. The Morgan fingerprint density at radius 3 is 2.34 bits per heavy atom. The Labute approximate surface area is 178 Å². The number of ether oxygens (including phenoxy) is 1. The van der Waals surface area contributed by atoms with E-state index in [1.54, 1.807) is 60.5 Å². The van der Waals surface area contributed by atoms with Crippen LogP contribution in [0.5, 0.6) is 5.75 Å². The molecule has 0 aromatic heterocycles. The maximum Gasteiger partial charge on any atom is 0.257 e. The highest BCUT2D eigenvalue weighted by atomic mass is 79.9. The number of hydrogen-bond donors (Lipinski definition) is 0. The summed E-state index contributed by atoms with van der Waals surface area (Å²) in [5, 5.41) is 0. The molecule has 0 aliphatic carbocycles. The van der Waals surface area contributed by atoms with Crippen LogP contribution in [0, 0.1) is 0 Å². The van der Waals surface area contributed by atoms with Crippen LogP contribution in [0.15, 0.2) is 53.0 Å². The van der Waals surface area contributed by atoms with Crippen LogP contribution in [0.3, 0.4) is 0 Å². The van der Waals surface area contributed by atoms with Gasteiger partial charge in [0.1, 0.15) is 11.8 Å². The quantitative estimate of drug-likeness (QED) is 0.612. The minimum Gasteiger partial charge on any atom is -0.497 e. The topological polar surface area (TPSA) is 66.9 Å². The summed E-state index contributed by atoms with van der Waals surface area (Å²) in [6.45, 7) is 3.84. The Morgan fingerprint density at radius 2 is 1.79 bits per heavy atom. The summed E-state index contributed by atoms with van der Waals surface area (Å²) >= 11 is 3.35. The first kappa shape index (κ1) is 21.0. The van der Waals surface area contributed by atoms with Gasteiger partial charge in [0.2, 0.25) is 5.91 Å². The molecule has 29 heavy (non-hydrogen) atoms. The molecule has 3 rings (SSSR count). The summed E-state index contributed by atoms with van der Waals surface area (Å²) in [6, 6.07) is 12.7. The fourth-order valence-corrected chi connectivity index (χ4v) is 3.69. The van der Waals surface area contributed by atoms with Gasteiger partial charge in [0.15, 0.2) is 0 Å². The lowest BCUT2D eigenvalue weighted by atomic mass is 10.1. The van der Waals surface area contributed by atoms with Gasteiger partial charge < -0.3 is 9.64 Å². The number of carbonyl (C=O) groups is 3. The van der Waals surface area contributed by atoms with Crippen LogP contribution in [0.1, 0.15) is 37.0 Å². The number of amides is 3. The summed E-state index contributed by atoms with van der Waals surface area (Å²) < 4.78 is 6.00. The highest BCUT2D eigenvalue weighted by Gasteiger charge is 2.45. The van der Waals surface area contributed by atoms with Crippen molar-refractivity contribution in [1.82, 2.24) is 4.90 Å². The van der Waals surface area contributed by atoms with Crippen molar-refractivity contribution in [3.63, 3.8) is 0 Å². The maximum absolute atomic E-state index is 13.3. The van der Waals surface area contributed by atoms with E-state index < -0.39 is 6.04 Å². The summed E-state index contributed by atoms with van der Waals surface area (Å²) in [6.07, 6.45) is 0.638. The van der Waals surface area contributed by atoms with E-state index >= 15 is 0 Å². The highest BCUT2D eigenvalue weighted by molar-refractivity contribution is 9.10. The molecule has 2 unspecified atom stereocenters. The van der Waals surface area contributed by atoms with Gasteiger partial charge in [-0.05, 0) is 61.9 Å². The van der Waals surface area contributed by atoms with Crippen molar-refractivity contribution in [2.24, 2.45) is 0 Å². The number of nitrogens with zero attached hydrogens (tertiary/aromatic N) is 2. The van der Waals surface area contributed by atoms with Gasteiger partial charge in [0.25, 0.3) is 11.8 Å². The first-order chi connectivity index (χ1) is 13.9. The fraction of sp³-hybridized carbons (Fsp3) is 0.318. The molecule has 7 heteroatoms. The van der Waals surface area contributed by atoms with E-state index in [-0.39, 0.29) is 30.2 Å². The van der Waals surface area contributed by atoms with E-state index in [1.165, 1.54) is 4.90 Å². The molecule has 0 spiro atoms. The third kappa shape index (κ3) is 4.19. The fourth-order valence-electron chi connectivity index (χ4n) is 3.42. The summed E-state index contributed by atoms with van der Waals surface area (Å²) in [5.41, 5.74) is 0.958. The van der Waals surface area contributed by atoms with Gasteiger partial charge in [0.05, 0.1) is 19.2 Å². The lowest BCUT2D eigenvalue weighted by molar-refractivity contribution is -0.122. The van der Waals surface area contributed by atoms with Gasteiger partial charge in [-0.3, -0.25) is 14.4 Å². The number of carbonyl (C=O) groups excluding carboxylic acids is 3. The van der Waals surface area contributed by atoms with Gasteiger partial charge in [0, 0.05) is 16.1 Å². The van der Waals surface area contributed by atoms with E-state index in [9.17, 15) is 14.4 Å². The molecule has 2 aromatic rings. The number of halogens is 1. The minimum absolute atomic E-state index is 0.0267. The summed E-state index contributed by atoms with van der Waals surface area (Å²) in [4.78, 5) is 41.8. The van der Waals surface area contributed by atoms with E-state index in [4.69, 9.17) is 4.74 Å². The second-order valence-corrected chi connectivity index (χ2v) is 7.88. The molecular formula is C22H23BrN2O4. The van der Waals surface area contributed by atoms with Crippen LogP contribution >= 0.6 is 15.9 Å². The molecule has 2 atom stereocenters. The predicted molar refractivity (Wildman–Crippen MR) is 114 cm³/mol. The molecule has 3 amide bonds. The lowest BCUT2D eigenvalue weighted by Gasteiger charge is -2.33. The molecule has 1 aliphatic rings. The molecule has 6 nitrogen and oxygen atoms in total. The van der Waals surface area contributed by atoms with Gasteiger partial charge in [-0.1, -0.05) is 22.9 Å². The summed E-state index contributed by atoms with van der Waals surface area (Å²) in [7, 11) is 1.56. The number of rotatable bonds is 6. The molecule has 1 aliphatic heterocycles. The van der Waals surface area contributed by atoms with Crippen molar-refractivity contribution in [1.29, 1.82) is 0 Å². The Balaban J connectivity index is 1.92. The standard InChI is InChI=1S/C22H23BrN2O4/c1-4-14(2)24(21(27)15-5-11-18(29-3)12-6-15)19-13-20(26)25(22(19)28)17-9-7-16(23)8-10-17/h5-12,14,19H,4,13H2,1-3H3. The maximum atomic E-state index is 13.3. The zero-order valence-electron chi connectivity index (χ0n) is 16.6. The van der Waals surface area contributed by atoms with Crippen molar-refractivity contribution < 1.29 is 19.1 Å². The molecule has 0 radical (unpaired) electrons. The minimum atomic E-state index is -0.823. The average Bonchev–Trinajstić information content (AvgIpc) is 3.02. The van der Waals surface area contributed by atoms with Crippen molar-refractivity contribution in [3.8, 4) is 5.75 Å². The Kier molecular flexibility index (Phi) is 6.37. The van der Waals surface area contributed by atoms with Crippen LogP contribution < -0.4 is 9.64 Å². The second-order valence-electron chi connectivity index (χ2n) is 6.96. The smallest absolute Gasteiger partial charge is 0.257 e. The van der Waals surface area contributed by atoms with Crippen LogP contribution in [0.4, 0.5) is 5.69 Å². The van der Waals surface area contributed by atoms with Gasteiger partial charge >= 0.3 is 0 Å². The molecule has 0 bridgehead atoms. The van der Waals surface area contributed by atoms with E-state index in [2.05, 4.69) is 15.9 Å². The number of anilines is 1. The number of hydrogen-bond acceptors (Lipinski definition) is 4.